The van der Waals surface area contributed by atoms with Crippen molar-refractivity contribution in [1.29, 1.82) is 0 Å². The Balaban J connectivity index is 1.78. The highest BCUT2D eigenvalue weighted by Gasteiger charge is 1.98. The standard InChI is InChI=1S/C9H9BrN2OS/c10-7-3-9(14-6-7)5-11-4-8-1-2-13-12-8/h1-3,6,11H,4-5H2. The second-order valence-electron chi connectivity index (χ2n) is 2.83. The van der Waals surface area contributed by atoms with Crippen molar-refractivity contribution in [2.75, 3.05) is 0 Å². The molecule has 0 atom stereocenters. The zero-order valence-electron chi connectivity index (χ0n) is 7.37. The van der Waals surface area contributed by atoms with E-state index < -0.39 is 0 Å². The van der Waals surface area contributed by atoms with E-state index in [-0.39, 0.29) is 0 Å². The van der Waals surface area contributed by atoms with Gasteiger partial charge in [-0.15, -0.1) is 11.3 Å². The molecule has 1 N–H and O–H groups in total. The summed E-state index contributed by atoms with van der Waals surface area (Å²) in [7, 11) is 0. The van der Waals surface area contributed by atoms with E-state index in [0.717, 1.165) is 23.3 Å². The van der Waals surface area contributed by atoms with Gasteiger partial charge in [-0.25, -0.2) is 0 Å². The van der Waals surface area contributed by atoms with Crippen molar-refractivity contribution in [3.63, 3.8) is 0 Å². The fraction of sp³-hybridized carbons (Fsp3) is 0.222. The van der Waals surface area contributed by atoms with Gasteiger partial charge in [0.1, 0.15) is 6.26 Å². The molecule has 5 heteroatoms. The van der Waals surface area contributed by atoms with Crippen LogP contribution in [0.4, 0.5) is 0 Å². The molecule has 0 aromatic carbocycles. The van der Waals surface area contributed by atoms with E-state index in [1.165, 1.54) is 4.88 Å². The molecule has 2 aromatic heterocycles. The molecule has 0 radical (unpaired) electrons. The molecule has 0 unspecified atom stereocenters. The summed E-state index contributed by atoms with van der Waals surface area (Å²) < 4.78 is 5.87. The summed E-state index contributed by atoms with van der Waals surface area (Å²) in [5, 5.41) is 9.17. The molecule has 0 aliphatic rings. The van der Waals surface area contributed by atoms with Crippen molar-refractivity contribution in [3.05, 3.63) is 38.8 Å². The Bertz CT molecular complexity index is 385. The highest BCUT2D eigenvalue weighted by molar-refractivity contribution is 9.10. The van der Waals surface area contributed by atoms with Crippen molar-refractivity contribution < 1.29 is 4.52 Å². The summed E-state index contributed by atoms with van der Waals surface area (Å²) in [5.74, 6) is 0. The zero-order chi connectivity index (χ0) is 9.80. The zero-order valence-corrected chi connectivity index (χ0v) is 9.77. The third-order valence-corrected chi connectivity index (χ3v) is 3.42. The Morgan fingerprint density at radius 3 is 3.07 bits per heavy atom. The maximum absolute atomic E-state index is 4.73. The summed E-state index contributed by atoms with van der Waals surface area (Å²) in [6.07, 6.45) is 1.58. The van der Waals surface area contributed by atoms with Crippen LogP contribution < -0.4 is 5.32 Å². The van der Waals surface area contributed by atoms with Crippen LogP contribution in [-0.4, -0.2) is 5.16 Å². The molecule has 2 heterocycles. The normalized spacial score (nSPS) is 10.6. The molecular weight excluding hydrogens is 264 g/mol. The SMILES string of the molecule is Brc1csc(CNCc2ccon2)c1. The van der Waals surface area contributed by atoms with Crippen LogP contribution in [0.2, 0.25) is 0 Å². The fourth-order valence-electron chi connectivity index (χ4n) is 1.09. The topological polar surface area (TPSA) is 38.1 Å². The molecule has 0 amide bonds. The molecule has 0 saturated carbocycles. The molecule has 0 saturated heterocycles. The van der Waals surface area contributed by atoms with Crippen molar-refractivity contribution in [2.45, 2.75) is 13.1 Å². The van der Waals surface area contributed by atoms with E-state index in [2.05, 4.69) is 37.8 Å². The molecule has 0 spiro atoms. The first-order valence-electron chi connectivity index (χ1n) is 4.17. The van der Waals surface area contributed by atoms with E-state index in [0.29, 0.717) is 0 Å². The van der Waals surface area contributed by atoms with Crippen molar-refractivity contribution in [2.24, 2.45) is 0 Å². The van der Waals surface area contributed by atoms with Gasteiger partial charge in [-0.05, 0) is 22.0 Å². The van der Waals surface area contributed by atoms with E-state index in [1.54, 1.807) is 17.6 Å². The lowest BCUT2D eigenvalue weighted by Crippen LogP contribution is -2.11. The minimum atomic E-state index is 0.742. The summed E-state index contributed by atoms with van der Waals surface area (Å²) in [5.41, 5.74) is 0.931. The van der Waals surface area contributed by atoms with Gasteiger partial charge < -0.3 is 9.84 Å². The summed E-state index contributed by atoms with van der Waals surface area (Å²) >= 11 is 5.15. The fourth-order valence-corrected chi connectivity index (χ4v) is 2.51. The second kappa shape index (κ2) is 4.72. The summed E-state index contributed by atoms with van der Waals surface area (Å²) in [6.45, 7) is 1.61. The van der Waals surface area contributed by atoms with Gasteiger partial charge in [0, 0.05) is 33.9 Å². The van der Waals surface area contributed by atoms with E-state index in [9.17, 15) is 0 Å². The van der Waals surface area contributed by atoms with Crippen LogP contribution in [0.3, 0.4) is 0 Å². The maximum atomic E-state index is 4.73. The van der Waals surface area contributed by atoms with E-state index >= 15 is 0 Å². The van der Waals surface area contributed by atoms with Gasteiger partial charge in [0.2, 0.25) is 0 Å². The quantitative estimate of drug-likeness (QED) is 0.930. The Morgan fingerprint density at radius 2 is 2.43 bits per heavy atom. The highest BCUT2D eigenvalue weighted by atomic mass is 79.9. The monoisotopic (exact) mass is 272 g/mol. The maximum Gasteiger partial charge on any atom is 0.124 e. The first kappa shape index (κ1) is 9.89. The predicted octanol–water partition coefficient (Wildman–Crippen LogP) is 2.79. The number of halogens is 1. The molecule has 0 aliphatic carbocycles. The van der Waals surface area contributed by atoms with Gasteiger partial charge >= 0.3 is 0 Å². The molecular formula is C9H9BrN2OS. The average Bonchev–Trinajstić information content (AvgIpc) is 2.77. The summed E-state index contributed by atoms with van der Waals surface area (Å²) in [4.78, 5) is 1.31. The molecule has 3 nitrogen and oxygen atoms in total. The lowest BCUT2D eigenvalue weighted by atomic mass is 10.4. The van der Waals surface area contributed by atoms with Crippen LogP contribution in [-0.2, 0) is 13.1 Å². The largest absolute Gasteiger partial charge is 0.364 e. The Kier molecular flexibility index (Phi) is 3.34. The minimum Gasteiger partial charge on any atom is -0.364 e. The van der Waals surface area contributed by atoms with Crippen molar-refractivity contribution >= 4 is 27.3 Å². The Morgan fingerprint density at radius 1 is 1.50 bits per heavy atom. The van der Waals surface area contributed by atoms with Crippen molar-refractivity contribution in [3.8, 4) is 0 Å². The van der Waals surface area contributed by atoms with Gasteiger partial charge in [0.15, 0.2) is 0 Å². The molecule has 14 heavy (non-hydrogen) atoms. The lowest BCUT2D eigenvalue weighted by Gasteiger charge is -1.98. The minimum absolute atomic E-state index is 0.742. The molecule has 74 valence electrons. The number of nitrogens with one attached hydrogen (secondary N) is 1. The van der Waals surface area contributed by atoms with Gasteiger partial charge in [0.05, 0.1) is 5.69 Å². The van der Waals surface area contributed by atoms with Gasteiger partial charge in [-0.1, -0.05) is 5.16 Å². The third-order valence-electron chi connectivity index (χ3n) is 1.72. The van der Waals surface area contributed by atoms with Crippen LogP contribution in [0.5, 0.6) is 0 Å². The molecule has 0 fully saturated rings. The van der Waals surface area contributed by atoms with E-state index in [4.69, 9.17) is 4.52 Å². The van der Waals surface area contributed by atoms with Crippen LogP contribution >= 0.6 is 27.3 Å². The van der Waals surface area contributed by atoms with Gasteiger partial charge in [0.25, 0.3) is 0 Å². The average molecular weight is 273 g/mol. The molecule has 2 aromatic rings. The lowest BCUT2D eigenvalue weighted by molar-refractivity contribution is 0.408. The molecule has 0 bridgehead atoms. The number of nitrogens with zero attached hydrogens (tertiary/aromatic N) is 1. The van der Waals surface area contributed by atoms with Crippen LogP contribution in [0.1, 0.15) is 10.6 Å². The second-order valence-corrected chi connectivity index (χ2v) is 4.74. The highest BCUT2D eigenvalue weighted by Crippen LogP contribution is 2.19. The van der Waals surface area contributed by atoms with Crippen LogP contribution in [0.25, 0.3) is 0 Å². The predicted molar refractivity (Wildman–Crippen MR) is 59.1 cm³/mol. The number of hydrogen-bond acceptors (Lipinski definition) is 4. The third kappa shape index (κ3) is 2.67. The van der Waals surface area contributed by atoms with E-state index in [1.807, 2.05) is 6.07 Å². The van der Waals surface area contributed by atoms with Gasteiger partial charge in [-0.2, -0.15) is 0 Å². The first-order chi connectivity index (χ1) is 6.84. The number of hydrogen-bond donors (Lipinski definition) is 1. The smallest absolute Gasteiger partial charge is 0.124 e. The van der Waals surface area contributed by atoms with Crippen LogP contribution in [0.15, 0.2) is 32.8 Å². The molecule has 0 aliphatic heterocycles. The van der Waals surface area contributed by atoms with Gasteiger partial charge in [-0.3, -0.25) is 0 Å². The summed E-state index contributed by atoms with van der Waals surface area (Å²) in [6, 6.07) is 3.97. The Hall–Kier alpha value is -0.650. The number of rotatable bonds is 4. The van der Waals surface area contributed by atoms with Crippen molar-refractivity contribution in [1.82, 2.24) is 10.5 Å². The molecule has 2 rings (SSSR count). The number of thiophene rings is 1. The number of aromatic nitrogens is 1. The first-order valence-corrected chi connectivity index (χ1v) is 5.85. The van der Waals surface area contributed by atoms with Crippen LogP contribution in [0, 0.1) is 0 Å². The Labute approximate surface area is 94.2 Å².